The predicted octanol–water partition coefficient (Wildman–Crippen LogP) is 4.75. The Morgan fingerprint density at radius 2 is 1.81 bits per heavy atom. The number of ether oxygens (including phenoxy) is 1. The van der Waals surface area contributed by atoms with Crippen LogP contribution in [0.2, 0.25) is 0 Å². The summed E-state index contributed by atoms with van der Waals surface area (Å²) in [6.07, 6.45) is 14.0. The maximum atomic E-state index is 11.8. The van der Waals surface area contributed by atoms with Gasteiger partial charge < -0.3 is 10.1 Å². The van der Waals surface area contributed by atoms with Crippen molar-refractivity contribution in [2.75, 3.05) is 13.2 Å². The summed E-state index contributed by atoms with van der Waals surface area (Å²) in [6, 6.07) is 10.1. The van der Waals surface area contributed by atoms with Gasteiger partial charge in [0, 0.05) is 20.8 Å². The first-order chi connectivity index (χ1) is 13.2. The number of rotatable bonds is 12. The maximum Gasteiger partial charge on any atom is 0.306 e. The number of allylic oxidation sites excluding steroid dienone is 2. The maximum absolute atomic E-state index is 11.8. The Morgan fingerprint density at radius 3 is 2.59 bits per heavy atom. The lowest BCUT2D eigenvalue weighted by atomic mass is 10.1. The Kier molecular flexibility index (Phi) is 10.0. The Hall–Kier alpha value is -2.36. The summed E-state index contributed by atoms with van der Waals surface area (Å²) in [7, 11) is 0. The smallest absolute Gasteiger partial charge is 0.306 e. The lowest BCUT2D eigenvalue weighted by molar-refractivity contribution is -0.142. The summed E-state index contributed by atoms with van der Waals surface area (Å²) in [4.78, 5) is 23.5. The second-order valence-corrected chi connectivity index (χ2v) is 6.92. The second-order valence-electron chi connectivity index (χ2n) is 6.92. The van der Waals surface area contributed by atoms with Crippen molar-refractivity contribution in [3.63, 3.8) is 0 Å². The highest BCUT2D eigenvalue weighted by molar-refractivity contribution is 5.76. The number of carbonyl (C=O) groups is 2. The van der Waals surface area contributed by atoms with Gasteiger partial charge in [-0.3, -0.25) is 9.59 Å². The highest BCUT2D eigenvalue weighted by Crippen LogP contribution is 2.11. The van der Waals surface area contributed by atoms with Crippen molar-refractivity contribution in [3.8, 4) is 0 Å². The van der Waals surface area contributed by atoms with E-state index in [1.165, 1.54) is 5.56 Å². The van der Waals surface area contributed by atoms with Gasteiger partial charge >= 0.3 is 5.97 Å². The summed E-state index contributed by atoms with van der Waals surface area (Å²) in [6.45, 7) is 1.10. The topological polar surface area (TPSA) is 55.4 Å². The largest absolute Gasteiger partial charge is 0.461 e. The average molecular weight is 372 g/mol. The van der Waals surface area contributed by atoms with Gasteiger partial charge in [0.15, 0.2) is 0 Å². The van der Waals surface area contributed by atoms with E-state index in [0.29, 0.717) is 26.0 Å². The number of hydrogen-bond donors (Lipinski definition) is 1. The number of unbranched alkanes of at least 4 members (excludes halogenated alkanes) is 3. The van der Waals surface area contributed by atoms with Crippen LogP contribution in [-0.2, 0) is 20.7 Å². The van der Waals surface area contributed by atoms with E-state index in [0.717, 1.165) is 50.5 Å². The van der Waals surface area contributed by atoms with Crippen LogP contribution < -0.4 is 5.32 Å². The van der Waals surface area contributed by atoms with Crippen LogP contribution in [0, 0.1) is 0 Å². The van der Waals surface area contributed by atoms with Crippen LogP contribution in [0.25, 0.3) is 0 Å². The minimum atomic E-state index is -0.121. The van der Waals surface area contributed by atoms with Crippen LogP contribution in [-0.4, -0.2) is 25.0 Å². The van der Waals surface area contributed by atoms with E-state index in [9.17, 15) is 9.59 Å². The lowest BCUT2D eigenvalue weighted by Crippen LogP contribution is -2.24. The number of amides is 1. The standard InChI is InChI=1S/C23H31NO3.H2/c25-22(17-16-20-11-5-3-6-12-20)24-18-10-2-1-9-15-23(26)27-19-21-13-7-4-8-14-21;/h3,5-7,11-14H,1-2,4,8-10,15-19H2,(H,24,25);1H. The van der Waals surface area contributed by atoms with Gasteiger partial charge in [-0.15, -0.1) is 0 Å². The van der Waals surface area contributed by atoms with E-state index in [1.807, 2.05) is 36.4 Å². The van der Waals surface area contributed by atoms with E-state index in [1.54, 1.807) is 0 Å². The van der Waals surface area contributed by atoms with E-state index in [4.69, 9.17) is 4.74 Å². The molecule has 4 nitrogen and oxygen atoms in total. The molecule has 0 unspecified atom stereocenters. The first-order valence-corrected chi connectivity index (χ1v) is 10.1. The van der Waals surface area contributed by atoms with Crippen molar-refractivity contribution < 1.29 is 15.8 Å². The number of benzene rings is 1. The summed E-state index contributed by atoms with van der Waals surface area (Å²) in [5.41, 5.74) is 2.29. The molecule has 0 atom stereocenters. The molecule has 2 rings (SSSR count). The molecule has 1 aliphatic rings. The third kappa shape index (κ3) is 9.78. The van der Waals surface area contributed by atoms with Crippen LogP contribution in [0.3, 0.4) is 0 Å². The fraction of sp³-hybridized carbons (Fsp3) is 0.478. The van der Waals surface area contributed by atoms with Crippen molar-refractivity contribution >= 4 is 11.9 Å². The molecule has 0 fully saturated rings. The first-order valence-electron chi connectivity index (χ1n) is 10.1. The third-order valence-corrected chi connectivity index (χ3v) is 4.59. The van der Waals surface area contributed by atoms with Gasteiger partial charge in [0.05, 0.1) is 0 Å². The van der Waals surface area contributed by atoms with Crippen LogP contribution >= 0.6 is 0 Å². The quantitative estimate of drug-likeness (QED) is 0.426. The molecule has 0 spiro atoms. The highest BCUT2D eigenvalue weighted by atomic mass is 16.5. The Balaban J connectivity index is 0.00000392. The fourth-order valence-corrected chi connectivity index (χ4v) is 2.98. The molecule has 27 heavy (non-hydrogen) atoms. The number of carbonyl (C=O) groups excluding carboxylic acids is 2. The SMILES string of the molecule is O=C(CCc1ccccc1)NCCCCCCC(=O)OCC1=CCCC=C1.[HH]. The molecule has 1 N–H and O–H groups in total. The molecule has 0 radical (unpaired) electrons. The van der Waals surface area contributed by atoms with Crippen LogP contribution in [0.1, 0.15) is 58.4 Å². The van der Waals surface area contributed by atoms with Gasteiger partial charge in [-0.05, 0) is 43.2 Å². The molecule has 4 heteroatoms. The molecule has 0 saturated heterocycles. The van der Waals surface area contributed by atoms with Crippen molar-refractivity contribution in [2.45, 2.75) is 57.8 Å². The molecule has 1 aliphatic carbocycles. The molecule has 1 amide bonds. The van der Waals surface area contributed by atoms with E-state index in [2.05, 4.69) is 17.5 Å². The minimum Gasteiger partial charge on any atom is -0.461 e. The van der Waals surface area contributed by atoms with E-state index in [-0.39, 0.29) is 13.3 Å². The highest BCUT2D eigenvalue weighted by Gasteiger charge is 2.05. The molecule has 0 aromatic heterocycles. The van der Waals surface area contributed by atoms with E-state index >= 15 is 0 Å². The minimum absolute atomic E-state index is 0. The molecule has 0 bridgehead atoms. The molecule has 0 aliphatic heterocycles. The Morgan fingerprint density at radius 1 is 1.00 bits per heavy atom. The van der Waals surface area contributed by atoms with Gasteiger partial charge in [0.1, 0.15) is 6.61 Å². The number of esters is 1. The summed E-state index contributed by atoms with van der Waals surface area (Å²) in [5.74, 6) is -0.0161. The monoisotopic (exact) mass is 371 g/mol. The van der Waals surface area contributed by atoms with Gasteiger partial charge in [-0.1, -0.05) is 61.4 Å². The molecule has 1 aromatic rings. The van der Waals surface area contributed by atoms with Crippen LogP contribution in [0.4, 0.5) is 0 Å². The average Bonchev–Trinajstić information content (AvgIpc) is 2.71. The Bertz CT molecular complexity index is 641. The van der Waals surface area contributed by atoms with Gasteiger partial charge in [-0.2, -0.15) is 0 Å². The molecule has 1 aromatic carbocycles. The molecule has 148 valence electrons. The van der Waals surface area contributed by atoms with Crippen molar-refractivity contribution in [2.24, 2.45) is 0 Å². The number of hydrogen-bond acceptors (Lipinski definition) is 3. The van der Waals surface area contributed by atoms with Gasteiger partial charge in [0.2, 0.25) is 5.91 Å². The van der Waals surface area contributed by atoms with Gasteiger partial charge in [0.25, 0.3) is 0 Å². The van der Waals surface area contributed by atoms with Crippen molar-refractivity contribution in [1.29, 1.82) is 0 Å². The molecular weight excluding hydrogens is 338 g/mol. The summed E-state index contributed by atoms with van der Waals surface area (Å²) >= 11 is 0. The lowest BCUT2D eigenvalue weighted by Gasteiger charge is -2.08. The fourth-order valence-electron chi connectivity index (χ4n) is 2.98. The molecule has 0 saturated carbocycles. The third-order valence-electron chi connectivity index (χ3n) is 4.59. The Labute approximate surface area is 164 Å². The zero-order chi connectivity index (χ0) is 19.2. The second kappa shape index (κ2) is 12.9. The zero-order valence-corrected chi connectivity index (χ0v) is 16.1. The first kappa shape index (κ1) is 20.9. The van der Waals surface area contributed by atoms with Crippen LogP contribution in [0.15, 0.2) is 54.1 Å². The normalized spacial score (nSPS) is 13.1. The van der Waals surface area contributed by atoms with Gasteiger partial charge in [-0.25, -0.2) is 0 Å². The predicted molar refractivity (Wildman–Crippen MR) is 110 cm³/mol. The van der Waals surface area contributed by atoms with Crippen molar-refractivity contribution in [3.05, 3.63) is 59.7 Å². The molecule has 0 heterocycles. The summed E-state index contributed by atoms with van der Waals surface area (Å²) < 4.78 is 5.29. The zero-order valence-electron chi connectivity index (χ0n) is 16.1. The van der Waals surface area contributed by atoms with Crippen molar-refractivity contribution in [1.82, 2.24) is 5.32 Å². The van der Waals surface area contributed by atoms with Crippen LogP contribution in [0.5, 0.6) is 0 Å². The number of nitrogens with one attached hydrogen (secondary N) is 1. The van der Waals surface area contributed by atoms with E-state index < -0.39 is 0 Å². The molecular formula is C23H33NO3. The summed E-state index contributed by atoms with van der Waals surface area (Å²) in [5, 5.41) is 2.97. The number of aryl methyl sites for hydroxylation is 1.